The lowest BCUT2D eigenvalue weighted by Gasteiger charge is -2.33. The van der Waals surface area contributed by atoms with Crippen molar-refractivity contribution in [2.75, 3.05) is 5.32 Å². The molecule has 20 heavy (non-hydrogen) atoms. The van der Waals surface area contributed by atoms with Gasteiger partial charge in [-0.2, -0.15) is 0 Å². The standard InChI is InChI=1S/C17H28N2O/c1-12(2)14-7-5-8-15(11-14)19-16-9-6-10-18-17(16)20-13(3)4/h6,9-10,12-15,19H,5,7-8,11H2,1-4H3. The van der Waals surface area contributed by atoms with Crippen LogP contribution in [0.2, 0.25) is 0 Å². The van der Waals surface area contributed by atoms with E-state index in [0.717, 1.165) is 23.4 Å². The molecule has 0 bridgehead atoms. The molecule has 1 heterocycles. The van der Waals surface area contributed by atoms with Crippen LogP contribution in [0.4, 0.5) is 5.69 Å². The van der Waals surface area contributed by atoms with Gasteiger partial charge in [-0.05, 0) is 50.7 Å². The molecule has 1 saturated carbocycles. The Hall–Kier alpha value is -1.25. The van der Waals surface area contributed by atoms with Gasteiger partial charge >= 0.3 is 0 Å². The second kappa shape index (κ2) is 6.96. The topological polar surface area (TPSA) is 34.1 Å². The molecular formula is C17H28N2O. The van der Waals surface area contributed by atoms with Gasteiger partial charge in [-0.15, -0.1) is 0 Å². The predicted molar refractivity (Wildman–Crippen MR) is 84.2 cm³/mol. The Balaban J connectivity index is 2.02. The van der Waals surface area contributed by atoms with Crippen LogP contribution < -0.4 is 10.1 Å². The van der Waals surface area contributed by atoms with Gasteiger partial charge in [0.2, 0.25) is 5.88 Å². The molecule has 3 heteroatoms. The van der Waals surface area contributed by atoms with Gasteiger partial charge in [0.05, 0.1) is 11.8 Å². The van der Waals surface area contributed by atoms with E-state index in [1.165, 1.54) is 25.7 Å². The van der Waals surface area contributed by atoms with Crippen molar-refractivity contribution in [3.05, 3.63) is 18.3 Å². The molecule has 0 aromatic carbocycles. The van der Waals surface area contributed by atoms with Crippen LogP contribution in [0.1, 0.15) is 53.4 Å². The van der Waals surface area contributed by atoms with Gasteiger partial charge < -0.3 is 10.1 Å². The summed E-state index contributed by atoms with van der Waals surface area (Å²) in [5.74, 6) is 2.35. The van der Waals surface area contributed by atoms with Crippen molar-refractivity contribution in [1.82, 2.24) is 4.98 Å². The highest BCUT2D eigenvalue weighted by atomic mass is 16.5. The van der Waals surface area contributed by atoms with E-state index in [2.05, 4.69) is 30.2 Å². The fourth-order valence-electron chi connectivity index (χ4n) is 3.00. The molecule has 112 valence electrons. The van der Waals surface area contributed by atoms with Gasteiger partial charge in [0.15, 0.2) is 0 Å². The Labute approximate surface area is 123 Å². The smallest absolute Gasteiger partial charge is 0.237 e. The van der Waals surface area contributed by atoms with Gasteiger partial charge in [0, 0.05) is 12.2 Å². The average Bonchev–Trinajstić information content (AvgIpc) is 2.41. The van der Waals surface area contributed by atoms with Crippen molar-refractivity contribution in [2.24, 2.45) is 11.8 Å². The van der Waals surface area contributed by atoms with Crippen LogP contribution >= 0.6 is 0 Å². The molecule has 0 aliphatic heterocycles. The molecule has 2 unspecified atom stereocenters. The Bertz CT molecular complexity index is 417. The molecule has 1 fully saturated rings. The molecule has 1 aromatic heterocycles. The number of rotatable bonds is 5. The van der Waals surface area contributed by atoms with Crippen LogP contribution in [-0.4, -0.2) is 17.1 Å². The zero-order chi connectivity index (χ0) is 14.5. The molecule has 0 amide bonds. The first-order valence-electron chi connectivity index (χ1n) is 7.94. The first-order valence-corrected chi connectivity index (χ1v) is 7.94. The summed E-state index contributed by atoms with van der Waals surface area (Å²) in [5.41, 5.74) is 1.04. The summed E-state index contributed by atoms with van der Waals surface area (Å²) in [6, 6.07) is 4.59. The fourth-order valence-corrected chi connectivity index (χ4v) is 3.00. The van der Waals surface area contributed by atoms with E-state index in [4.69, 9.17) is 4.74 Å². The summed E-state index contributed by atoms with van der Waals surface area (Å²) in [7, 11) is 0. The van der Waals surface area contributed by atoms with E-state index in [0.29, 0.717) is 6.04 Å². The molecule has 1 N–H and O–H groups in total. The molecule has 0 saturated heterocycles. The maximum absolute atomic E-state index is 5.79. The van der Waals surface area contributed by atoms with E-state index in [9.17, 15) is 0 Å². The second-order valence-electron chi connectivity index (χ2n) is 6.53. The number of hydrogen-bond acceptors (Lipinski definition) is 3. The van der Waals surface area contributed by atoms with E-state index >= 15 is 0 Å². The van der Waals surface area contributed by atoms with E-state index in [1.54, 1.807) is 6.20 Å². The van der Waals surface area contributed by atoms with Gasteiger partial charge in [-0.1, -0.05) is 26.7 Å². The van der Waals surface area contributed by atoms with E-state index in [-0.39, 0.29) is 6.10 Å². The van der Waals surface area contributed by atoms with Crippen LogP contribution in [0.5, 0.6) is 5.88 Å². The third-order valence-corrected chi connectivity index (χ3v) is 4.14. The van der Waals surface area contributed by atoms with Gasteiger partial charge in [-0.25, -0.2) is 4.98 Å². The highest BCUT2D eigenvalue weighted by molar-refractivity contribution is 5.52. The van der Waals surface area contributed by atoms with Crippen LogP contribution in [0.15, 0.2) is 18.3 Å². The highest BCUT2D eigenvalue weighted by Crippen LogP contribution is 2.33. The van der Waals surface area contributed by atoms with Crippen molar-refractivity contribution in [3.8, 4) is 5.88 Å². The average molecular weight is 276 g/mol. The zero-order valence-electron chi connectivity index (χ0n) is 13.2. The molecule has 2 rings (SSSR count). The largest absolute Gasteiger partial charge is 0.473 e. The maximum atomic E-state index is 5.79. The lowest BCUT2D eigenvalue weighted by atomic mass is 9.79. The summed E-state index contributed by atoms with van der Waals surface area (Å²) in [6.45, 7) is 8.75. The van der Waals surface area contributed by atoms with E-state index < -0.39 is 0 Å². The molecule has 1 aromatic rings. The summed E-state index contributed by atoms with van der Waals surface area (Å²) in [6.07, 6.45) is 7.15. The summed E-state index contributed by atoms with van der Waals surface area (Å²) in [4.78, 5) is 4.35. The number of nitrogens with one attached hydrogen (secondary N) is 1. The first-order chi connectivity index (χ1) is 9.56. The van der Waals surface area contributed by atoms with Crippen molar-refractivity contribution in [1.29, 1.82) is 0 Å². The minimum Gasteiger partial charge on any atom is -0.473 e. The van der Waals surface area contributed by atoms with Gasteiger partial charge in [-0.3, -0.25) is 0 Å². The number of nitrogens with zero attached hydrogens (tertiary/aromatic N) is 1. The minimum absolute atomic E-state index is 0.153. The Kier molecular flexibility index (Phi) is 5.27. The van der Waals surface area contributed by atoms with Crippen molar-refractivity contribution < 1.29 is 4.74 Å². The number of ether oxygens (including phenoxy) is 1. The molecule has 0 radical (unpaired) electrons. The highest BCUT2D eigenvalue weighted by Gasteiger charge is 2.24. The third-order valence-electron chi connectivity index (χ3n) is 4.14. The molecule has 3 nitrogen and oxygen atoms in total. The monoisotopic (exact) mass is 276 g/mol. The fraction of sp³-hybridized carbons (Fsp3) is 0.706. The zero-order valence-corrected chi connectivity index (χ0v) is 13.2. The lowest BCUT2D eigenvalue weighted by Crippen LogP contribution is -2.29. The first kappa shape index (κ1) is 15.1. The SMILES string of the molecule is CC(C)Oc1ncccc1NC1CCCC(C(C)C)C1. The second-order valence-corrected chi connectivity index (χ2v) is 6.53. The third kappa shape index (κ3) is 4.12. The molecule has 1 aliphatic carbocycles. The van der Waals surface area contributed by atoms with Crippen LogP contribution in [0.3, 0.4) is 0 Å². The maximum Gasteiger partial charge on any atom is 0.237 e. The van der Waals surface area contributed by atoms with Crippen molar-refractivity contribution >= 4 is 5.69 Å². The number of pyridine rings is 1. The Morgan fingerprint density at radius 3 is 2.75 bits per heavy atom. The van der Waals surface area contributed by atoms with Crippen LogP contribution in [0, 0.1) is 11.8 Å². The quantitative estimate of drug-likeness (QED) is 0.860. The van der Waals surface area contributed by atoms with E-state index in [1.807, 2.05) is 19.9 Å². The molecule has 2 atom stereocenters. The minimum atomic E-state index is 0.153. The summed E-state index contributed by atoms with van der Waals surface area (Å²) in [5, 5.41) is 3.65. The number of aromatic nitrogens is 1. The summed E-state index contributed by atoms with van der Waals surface area (Å²) >= 11 is 0. The molecular weight excluding hydrogens is 248 g/mol. The Morgan fingerprint density at radius 1 is 1.25 bits per heavy atom. The van der Waals surface area contributed by atoms with Crippen LogP contribution in [-0.2, 0) is 0 Å². The van der Waals surface area contributed by atoms with Gasteiger partial charge in [0.1, 0.15) is 0 Å². The molecule has 1 aliphatic rings. The number of hydrogen-bond donors (Lipinski definition) is 1. The molecule has 0 spiro atoms. The summed E-state index contributed by atoms with van der Waals surface area (Å²) < 4.78 is 5.79. The number of anilines is 1. The van der Waals surface area contributed by atoms with Crippen molar-refractivity contribution in [3.63, 3.8) is 0 Å². The lowest BCUT2D eigenvalue weighted by molar-refractivity contribution is 0.232. The Morgan fingerprint density at radius 2 is 2.05 bits per heavy atom. The predicted octanol–water partition coefficient (Wildman–Crippen LogP) is 4.50. The van der Waals surface area contributed by atoms with Crippen molar-refractivity contribution in [2.45, 2.75) is 65.5 Å². The van der Waals surface area contributed by atoms with Gasteiger partial charge in [0.25, 0.3) is 0 Å². The van der Waals surface area contributed by atoms with Crippen LogP contribution in [0.25, 0.3) is 0 Å². The normalized spacial score (nSPS) is 23.1.